The highest BCUT2D eigenvalue weighted by atomic mass is 32.2. The summed E-state index contributed by atoms with van der Waals surface area (Å²) in [4.78, 5) is 11.3. The zero-order chi connectivity index (χ0) is 13.6. The largest absolute Gasteiger partial charge is 0.481 e. The van der Waals surface area contributed by atoms with Gasteiger partial charge in [-0.3, -0.25) is 4.79 Å². The molecular formula is C12H14O5S. The SMILES string of the molecule is CS(=O)(=O)C1C(c2ccccc2)C1(CO)C(=O)O. The third-order valence-corrected chi connectivity index (χ3v) is 5.15. The highest BCUT2D eigenvalue weighted by Gasteiger charge is 2.74. The molecule has 1 fully saturated rings. The predicted molar refractivity (Wildman–Crippen MR) is 65.0 cm³/mol. The van der Waals surface area contributed by atoms with E-state index in [2.05, 4.69) is 0 Å². The lowest BCUT2D eigenvalue weighted by molar-refractivity contribution is -0.145. The fourth-order valence-corrected chi connectivity index (χ4v) is 4.58. The third-order valence-electron chi connectivity index (χ3n) is 3.54. The molecule has 18 heavy (non-hydrogen) atoms. The van der Waals surface area contributed by atoms with E-state index in [1.165, 1.54) is 0 Å². The Balaban J connectivity index is 2.51. The van der Waals surface area contributed by atoms with Crippen molar-refractivity contribution in [1.82, 2.24) is 0 Å². The van der Waals surface area contributed by atoms with Gasteiger partial charge in [0.2, 0.25) is 0 Å². The Bertz CT molecular complexity index is 565. The Morgan fingerprint density at radius 3 is 2.22 bits per heavy atom. The second-order valence-electron chi connectivity index (χ2n) is 4.64. The van der Waals surface area contributed by atoms with Crippen molar-refractivity contribution in [3.05, 3.63) is 35.9 Å². The summed E-state index contributed by atoms with van der Waals surface area (Å²) in [5.74, 6) is -1.95. The topological polar surface area (TPSA) is 91.7 Å². The van der Waals surface area contributed by atoms with Gasteiger partial charge in [0.15, 0.2) is 9.84 Å². The molecule has 0 spiro atoms. The number of carboxylic acids is 1. The maximum atomic E-state index is 11.7. The van der Waals surface area contributed by atoms with Crippen molar-refractivity contribution in [2.45, 2.75) is 11.2 Å². The molecule has 2 rings (SSSR count). The molecule has 0 heterocycles. The van der Waals surface area contributed by atoms with Gasteiger partial charge in [0, 0.05) is 12.2 Å². The van der Waals surface area contributed by atoms with Crippen LogP contribution >= 0.6 is 0 Å². The number of rotatable bonds is 4. The maximum absolute atomic E-state index is 11.7. The van der Waals surface area contributed by atoms with Gasteiger partial charge < -0.3 is 10.2 Å². The smallest absolute Gasteiger partial charge is 0.314 e. The van der Waals surface area contributed by atoms with Crippen LogP contribution in [0.15, 0.2) is 30.3 Å². The average molecular weight is 270 g/mol. The van der Waals surface area contributed by atoms with Crippen LogP contribution < -0.4 is 0 Å². The normalized spacial score (nSPS) is 31.0. The molecular weight excluding hydrogens is 256 g/mol. The molecule has 6 heteroatoms. The fourth-order valence-electron chi connectivity index (χ4n) is 2.68. The van der Waals surface area contributed by atoms with E-state index in [0.29, 0.717) is 5.56 Å². The van der Waals surface area contributed by atoms with Gasteiger partial charge in [-0.05, 0) is 5.56 Å². The van der Waals surface area contributed by atoms with Crippen LogP contribution in [-0.4, -0.2) is 42.7 Å². The first-order valence-electron chi connectivity index (χ1n) is 5.43. The van der Waals surface area contributed by atoms with Crippen molar-refractivity contribution in [2.24, 2.45) is 5.41 Å². The highest BCUT2D eigenvalue weighted by molar-refractivity contribution is 7.91. The summed E-state index contributed by atoms with van der Waals surface area (Å²) >= 11 is 0. The number of aliphatic hydroxyl groups is 1. The van der Waals surface area contributed by atoms with Crippen LogP contribution in [0.1, 0.15) is 11.5 Å². The molecule has 0 saturated heterocycles. The number of aliphatic hydroxyl groups excluding tert-OH is 1. The number of carboxylic acid groups (broad SMARTS) is 1. The number of hydrogen-bond acceptors (Lipinski definition) is 4. The molecule has 0 bridgehead atoms. The molecule has 1 aromatic carbocycles. The first-order chi connectivity index (χ1) is 8.35. The summed E-state index contributed by atoms with van der Waals surface area (Å²) in [7, 11) is -3.53. The Labute approximate surface area is 105 Å². The second kappa shape index (κ2) is 4.07. The fraction of sp³-hybridized carbons (Fsp3) is 0.417. The molecule has 2 N–H and O–H groups in total. The minimum absolute atomic E-state index is 0.629. The molecule has 0 aromatic heterocycles. The lowest BCUT2D eigenvalue weighted by Crippen LogP contribution is -2.27. The van der Waals surface area contributed by atoms with Crippen molar-refractivity contribution in [3.63, 3.8) is 0 Å². The molecule has 1 saturated carbocycles. The minimum atomic E-state index is -3.53. The quantitative estimate of drug-likeness (QED) is 0.819. The van der Waals surface area contributed by atoms with Crippen LogP contribution in [0.25, 0.3) is 0 Å². The molecule has 0 aliphatic heterocycles. The predicted octanol–water partition coefficient (Wildman–Crippen LogP) is 0.260. The molecule has 3 atom stereocenters. The highest BCUT2D eigenvalue weighted by Crippen LogP contribution is 2.62. The van der Waals surface area contributed by atoms with E-state index in [0.717, 1.165) is 6.26 Å². The van der Waals surface area contributed by atoms with Crippen LogP contribution in [0.5, 0.6) is 0 Å². The van der Waals surface area contributed by atoms with Gasteiger partial charge >= 0.3 is 5.97 Å². The van der Waals surface area contributed by atoms with Gasteiger partial charge in [0.05, 0.1) is 11.9 Å². The standard InChI is InChI=1S/C12H14O5S/c1-18(16,17)10-9(8-5-3-2-4-6-8)12(10,7-13)11(14)15/h2-6,9-10,13H,7H2,1H3,(H,14,15). The van der Waals surface area contributed by atoms with Crippen molar-refractivity contribution in [1.29, 1.82) is 0 Å². The van der Waals surface area contributed by atoms with E-state index < -0.39 is 39.0 Å². The van der Waals surface area contributed by atoms with E-state index in [1.54, 1.807) is 30.3 Å². The summed E-state index contributed by atoms with van der Waals surface area (Å²) in [6, 6.07) is 8.57. The molecule has 1 aliphatic carbocycles. The first kappa shape index (κ1) is 13.0. The van der Waals surface area contributed by atoms with Gasteiger partial charge in [-0.15, -0.1) is 0 Å². The first-order valence-corrected chi connectivity index (χ1v) is 7.39. The third kappa shape index (κ3) is 1.72. The van der Waals surface area contributed by atoms with Crippen LogP contribution in [0, 0.1) is 5.41 Å². The van der Waals surface area contributed by atoms with Gasteiger partial charge in [-0.1, -0.05) is 30.3 Å². The summed E-state index contributed by atoms with van der Waals surface area (Å²) in [6.07, 6.45) is 1.01. The van der Waals surface area contributed by atoms with Crippen molar-refractivity contribution < 1.29 is 23.4 Å². The lowest BCUT2D eigenvalue weighted by atomic mass is 10.0. The van der Waals surface area contributed by atoms with E-state index in [9.17, 15) is 23.4 Å². The number of sulfone groups is 1. The minimum Gasteiger partial charge on any atom is -0.481 e. The molecule has 1 aromatic rings. The van der Waals surface area contributed by atoms with Gasteiger partial charge in [-0.25, -0.2) is 8.42 Å². The molecule has 98 valence electrons. The Kier molecular flexibility index (Phi) is 2.95. The maximum Gasteiger partial charge on any atom is 0.314 e. The van der Waals surface area contributed by atoms with Crippen LogP contribution in [-0.2, 0) is 14.6 Å². The summed E-state index contributed by atoms with van der Waals surface area (Å²) < 4.78 is 23.4. The van der Waals surface area contributed by atoms with E-state index in [1.807, 2.05) is 0 Å². The Morgan fingerprint density at radius 2 is 1.89 bits per heavy atom. The number of benzene rings is 1. The van der Waals surface area contributed by atoms with E-state index >= 15 is 0 Å². The van der Waals surface area contributed by atoms with Crippen molar-refractivity contribution in [3.8, 4) is 0 Å². The average Bonchev–Trinajstić information content (AvgIpc) is 3.00. The molecule has 5 nitrogen and oxygen atoms in total. The molecule has 3 unspecified atom stereocenters. The second-order valence-corrected chi connectivity index (χ2v) is 6.81. The van der Waals surface area contributed by atoms with E-state index in [-0.39, 0.29) is 0 Å². The van der Waals surface area contributed by atoms with E-state index in [4.69, 9.17) is 0 Å². The number of hydrogen-bond donors (Lipinski definition) is 2. The number of aliphatic carboxylic acids is 1. The molecule has 0 radical (unpaired) electrons. The van der Waals surface area contributed by atoms with Crippen LogP contribution in [0.2, 0.25) is 0 Å². The summed E-state index contributed by atoms with van der Waals surface area (Å²) in [6.45, 7) is -0.681. The van der Waals surface area contributed by atoms with Crippen molar-refractivity contribution >= 4 is 15.8 Å². The van der Waals surface area contributed by atoms with Crippen molar-refractivity contribution in [2.75, 3.05) is 12.9 Å². The van der Waals surface area contributed by atoms with Gasteiger partial charge in [0.1, 0.15) is 5.41 Å². The summed E-state index contributed by atoms with van der Waals surface area (Å²) in [5, 5.41) is 17.5. The van der Waals surface area contributed by atoms with Gasteiger partial charge in [-0.2, -0.15) is 0 Å². The molecule has 1 aliphatic rings. The monoisotopic (exact) mass is 270 g/mol. The van der Waals surface area contributed by atoms with Crippen LogP contribution in [0.4, 0.5) is 0 Å². The zero-order valence-electron chi connectivity index (χ0n) is 9.78. The molecule has 0 amide bonds. The Morgan fingerprint density at radius 1 is 1.33 bits per heavy atom. The summed E-state index contributed by atoms with van der Waals surface area (Å²) in [5.41, 5.74) is -0.973. The Hall–Kier alpha value is -1.40. The van der Waals surface area contributed by atoms with Crippen LogP contribution in [0.3, 0.4) is 0 Å². The zero-order valence-corrected chi connectivity index (χ0v) is 10.6. The van der Waals surface area contributed by atoms with Gasteiger partial charge in [0.25, 0.3) is 0 Å². The lowest BCUT2D eigenvalue weighted by Gasteiger charge is -2.08. The number of carbonyl (C=O) groups is 1.